The maximum absolute atomic E-state index is 9.71. The summed E-state index contributed by atoms with van der Waals surface area (Å²) in [7, 11) is 1.41. The molecule has 3 N–H and O–H groups in total. The highest BCUT2D eigenvalue weighted by Gasteiger charge is 2.32. The molecule has 0 saturated carbocycles. The largest absolute Gasteiger partial charge is 0.454 e. The van der Waals surface area contributed by atoms with Crippen LogP contribution in [0.25, 0.3) is 0 Å². The van der Waals surface area contributed by atoms with Gasteiger partial charge in [0.1, 0.15) is 0 Å². The lowest BCUT2D eigenvalue weighted by Crippen LogP contribution is -2.55. The first kappa shape index (κ1) is 27.9. The summed E-state index contributed by atoms with van der Waals surface area (Å²) in [4.78, 5) is 0. The molecular weight excluding hydrogens is 343 g/mol. The average molecular weight is 396 g/mol. The van der Waals surface area contributed by atoms with Crippen molar-refractivity contribution in [2.45, 2.75) is 138 Å². The third-order valence-corrected chi connectivity index (χ3v) is 7.76. The first-order valence-corrected chi connectivity index (χ1v) is 11.9. The second-order valence-electron chi connectivity index (χ2n) is 10.5. The van der Waals surface area contributed by atoms with Gasteiger partial charge in [-0.2, -0.15) is 0 Å². The predicted molar refractivity (Wildman–Crippen MR) is 127 cm³/mol. The van der Waals surface area contributed by atoms with Crippen LogP contribution in [0.2, 0.25) is 5.31 Å². The van der Waals surface area contributed by atoms with Gasteiger partial charge < -0.3 is 5.02 Å². The Kier molecular flexibility index (Phi) is 13.3. The van der Waals surface area contributed by atoms with Gasteiger partial charge in [0, 0.05) is 12.1 Å². The van der Waals surface area contributed by atoms with Gasteiger partial charge in [-0.3, -0.25) is 10.6 Å². The first-order chi connectivity index (χ1) is 12.9. The molecular formula is C24H52BN2O. The molecule has 0 aliphatic rings. The Balaban J connectivity index is 5.06. The third-order valence-electron chi connectivity index (χ3n) is 7.76. The molecule has 0 spiro atoms. The highest BCUT2D eigenvalue weighted by molar-refractivity contribution is 6.30. The van der Waals surface area contributed by atoms with Crippen LogP contribution in [0, 0.1) is 17.3 Å². The van der Waals surface area contributed by atoms with Gasteiger partial charge in [0.05, 0.1) is 6.17 Å². The summed E-state index contributed by atoms with van der Waals surface area (Å²) in [5.74, 6) is 1.29. The zero-order chi connectivity index (χ0) is 22.0. The van der Waals surface area contributed by atoms with E-state index >= 15 is 0 Å². The van der Waals surface area contributed by atoms with E-state index in [2.05, 4.69) is 79.9 Å². The monoisotopic (exact) mass is 395 g/mol. The fraction of sp³-hybridized carbons (Fsp3) is 1.00. The van der Waals surface area contributed by atoms with Gasteiger partial charge in [-0.15, -0.1) is 0 Å². The summed E-state index contributed by atoms with van der Waals surface area (Å²) in [6, 6.07) is 0.897. The van der Waals surface area contributed by atoms with Crippen LogP contribution < -0.4 is 10.6 Å². The van der Waals surface area contributed by atoms with E-state index in [1.54, 1.807) is 0 Å². The Morgan fingerprint density at radius 2 is 1.50 bits per heavy atom. The first-order valence-electron chi connectivity index (χ1n) is 11.9. The lowest BCUT2D eigenvalue weighted by Gasteiger charge is -2.40. The predicted octanol–water partition coefficient (Wildman–Crippen LogP) is 6.15. The minimum atomic E-state index is -0.103. The van der Waals surface area contributed by atoms with Crippen LogP contribution in [0.5, 0.6) is 0 Å². The van der Waals surface area contributed by atoms with Crippen molar-refractivity contribution in [1.82, 2.24) is 10.6 Å². The van der Waals surface area contributed by atoms with E-state index in [-0.39, 0.29) is 16.9 Å². The molecule has 0 aromatic carbocycles. The highest BCUT2D eigenvalue weighted by atomic mass is 16.2. The van der Waals surface area contributed by atoms with Crippen molar-refractivity contribution >= 4 is 7.48 Å². The van der Waals surface area contributed by atoms with Crippen LogP contribution in [-0.4, -0.2) is 30.8 Å². The van der Waals surface area contributed by atoms with Crippen molar-refractivity contribution in [2.24, 2.45) is 17.3 Å². The SMILES string of the molecule is CCCCC[C@H](C)[C@H](C)NC(CC[C@@](C)([B]O)CC)N[C@H](C)C(C)(C)C(C)C. The van der Waals surface area contributed by atoms with E-state index in [0.717, 1.165) is 19.3 Å². The Morgan fingerprint density at radius 1 is 0.893 bits per heavy atom. The van der Waals surface area contributed by atoms with Gasteiger partial charge in [-0.1, -0.05) is 81.1 Å². The maximum atomic E-state index is 9.71. The topological polar surface area (TPSA) is 44.3 Å². The van der Waals surface area contributed by atoms with Crippen LogP contribution in [-0.2, 0) is 0 Å². The van der Waals surface area contributed by atoms with Crippen molar-refractivity contribution in [3.05, 3.63) is 0 Å². The fourth-order valence-corrected chi connectivity index (χ4v) is 3.49. The molecule has 0 fully saturated rings. The number of hydrogen-bond donors (Lipinski definition) is 3. The number of unbranched alkanes of at least 4 members (excludes halogenated alkanes) is 2. The average Bonchev–Trinajstić information content (AvgIpc) is 2.65. The summed E-state index contributed by atoms with van der Waals surface area (Å²) in [5, 5.41) is 17.4. The molecule has 0 rings (SSSR count). The molecule has 0 heterocycles. The molecule has 0 bridgehead atoms. The van der Waals surface area contributed by atoms with Gasteiger partial charge in [0.15, 0.2) is 0 Å². The van der Waals surface area contributed by atoms with Crippen molar-refractivity contribution in [1.29, 1.82) is 0 Å². The summed E-state index contributed by atoms with van der Waals surface area (Å²) in [5.41, 5.74) is 0.229. The van der Waals surface area contributed by atoms with E-state index in [4.69, 9.17) is 0 Å². The molecule has 0 saturated heterocycles. The molecule has 5 atom stereocenters. The van der Waals surface area contributed by atoms with Crippen molar-refractivity contribution in [2.75, 3.05) is 0 Å². The molecule has 167 valence electrons. The van der Waals surface area contributed by atoms with Gasteiger partial charge in [0.25, 0.3) is 7.48 Å². The lowest BCUT2D eigenvalue weighted by molar-refractivity contribution is 0.147. The van der Waals surface area contributed by atoms with Crippen molar-refractivity contribution < 1.29 is 5.02 Å². The summed E-state index contributed by atoms with van der Waals surface area (Å²) < 4.78 is 0. The Labute approximate surface area is 178 Å². The standard InChI is InChI=1S/C24H52BN2O/c1-11-13-14-15-19(5)20(6)26-22(16-17-24(10,12-2)25-28)27-21(7)23(8,9)18(3)4/h18-22,26-28H,11-17H2,1-10H3/t19-,20-,21+,22?,24-/m0/s1. The minimum absolute atomic E-state index is 0.103. The Hall–Kier alpha value is -0.0551. The van der Waals surface area contributed by atoms with E-state index in [0.29, 0.717) is 23.9 Å². The molecule has 1 unspecified atom stereocenters. The molecule has 0 aromatic rings. The molecule has 3 nitrogen and oxygen atoms in total. The molecule has 0 aliphatic carbocycles. The molecule has 4 heteroatoms. The van der Waals surface area contributed by atoms with E-state index in [1.807, 2.05) is 0 Å². The van der Waals surface area contributed by atoms with Crippen LogP contribution >= 0.6 is 0 Å². The number of rotatable bonds is 16. The van der Waals surface area contributed by atoms with Crippen LogP contribution in [0.4, 0.5) is 0 Å². The quantitative estimate of drug-likeness (QED) is 0.167. The second kappa shape index (κ2) is 13.3. The van der Waals surface area contributed by atoms with E-state index in [1.165, 1.54) is 33.2 Å². The Morgan fingerprint density at radius 3 is 1.96 bits per heavy atom. The van der Waals surface area contributed by atoms with Gasteiger partial charge >= 0.3 is 0 Å². The molecule has 0 amide bonds. The summed E-state index contributed by atoms with van der Waals surface area (Å²) >= 11 is 0. The Bertz CT molecular complexity index is 396. The normalized spacial score (nSPS) is 19.1. The number of hydrogen-bond acceptors (Lipinski definition) is 3. The van der Waals surface area contributed by atoms with Crippen LogP contribution in [0.1, 0.15) is 114 Å². The molecule has 0 aromatic heterocycles. The third kappa shape index (κ3) is 9.63. The zero-order valence-corrected chi connectivity index (χ0v) is 20.9. The fourth-order valence-electron chi connectivity index (χ4n) is 3.49. The highest BCUT2D eigenvalue weighted by Crippen LogP contribution is 2.35. The van der Waals surface area contributed by atoms with Crippen molar-refractivity contribution in [3.63, 3.8) is 0 Å². The smallest absolute Gasteiger partial charge is 0.293 e. The van der Waals surface area contributed by atoms with Crippen molar-refractivity contribution in [3.8, 4) is 0 Å². The maximum Gasteiger partial charge on any atom is 0.293 e. The number of nitrogens with one attached hydrogen (secondary N) is 2. The molecule has 28 heavy (non-hydrogen) atoms. The second-order valence-corrected chi connectivity index (χ2v) is 10.5. The molecule has 1 radical (unpaired) electrons. The summed E-state index contributed by atoms with van der Waals surface area (Å²) in [6.07, 6.45) is 8.47. The van der Waals surface area contributed by atoms with E-state index < -0.39 is 0 Å². The molecule has 0 aliphatic heterocycles. The van der Waals surface area contributed by atoms with Gasteiger partial charge in [-0.25, -0.2) is 0 Å². The van der Waals surface area contributed by atoms with E-state index in [9.17, 15) is 5.02 Å². The lowest BCUT2D eigenvalue weighted by atomic mass is 9.61. The minimum Gasteiger partial charge on any atom is -0.454 e. The van der Waals surface area contributed by atoms with Crippen LogP contribution in [0.3, 0.4) is 0 Å². The zero-order valence-electron chi connectivity index (χ0n) is 20.9. The summed E-state index contributed by atoms with van der Waals surface area (Å²) in [6.45, 7) is 23.0. The van der Waals surface area contributed by atoms with Crippen LogP contribution in [0.15, 0.2) is 0 Å². The van der Waals surface area contributed by atoms with Gasteiger partial charge in [0.2, 0.25) is 0 Å². The van der Waals surface area contributed by atoms with Gasteiger partial charge in [-0.05, 0) is 55.7 Å².